The van der Waals surface area contributed by atoms with E-state index < -0.39 is 12.3 Å². The van der Waals surface area contributed by atoms with E-state index in [1.54, 1.807) is 6.92 Å². The first-order valence-corrected chi connectivity index (χ1v) is 2.50. The van der Waals surface area contributed by atoms with Crippen molar-refractivity contribution in [3.8, 4) is 0 Å². The fourth-order valence-corrected chi connectivity index (χ4v) is 0.341. The van der Waals surface area contributed by atoms with E-state index in [0.717, 1.165) is 0 Å². The largest absolute Gasteiger partial charge is 0.390 e. The molecular formula is C5H11FO. The number of hydrogen-bond acceptors (Lipinski definition) is 1. The molecule has 0 aromatic carbocycles. The highest BCUT2D eigenvalue weighted by Crippen LogP contribution is 2.00. The third kappa shape index (κ3) is 2.57. The molecule has 0 saturated heterocycles. The second-order valence-corrected chi connectivity index (χ2v) is 1.66. The van der Waals surface area contributed by atoms with Gasteiger partial charge in [-0.25, -0.2) is 4.39 Å². The van der Waals surface area contributed by atoms with Crippen molar-refractivity contribution in [2.75, 3.05) is 0 Å². The molecule has 0 aliphatic rings. The zero-order valence-electron chi connectivity index (χ0n) is 4.69. The summed E-state index contributed by atoms with van der Waals surface area (Å²) in [7, 11) is 0. The van der Waals surface area contributed by atoms with Crippen molar-refractivity contribution >= 4 is 0 Å². The zero-order valence-corrected chi connectivity index (χ0v) is 4.69. The quantitative estimate of drug-likeness (QED) is 0.559. The van der Waals surface area contributed by atoms with E-state index in [4.69, 9.17) is 5.11 Å². The normalized spacial score (nSPS) is 18.9. The van der Waals surface area contributed by atoms with Crippen molar-refractivity contribution in [3.05, 3.63) is 0 Å². The molecule has 0 heterocycles. The van der Waals surface area contributed by atoms with Crippen LogP contribution in [-0.4, -0.2) is 17.4 Å². The van der Waals surface area contributed by atoms with Crippen molar-refractivity contribution in [3.63, 3.8) is 0 Å². The molecule has 0 rings (SSSR count). The van der Waals surface area contributed by atoms with E-state index >= 15 is 0 Å². The second kappa shape index (κ2) is 2.97. The number of rotatable bonds is 2. The summed E-state index contributed by atoms with van der Waals surface area (Å²) in [5, 5.41) is 8.45. The van der Waals surface area contributed by atoms with Gasteiger partial charge in [0.25, 0.3) is 0 Å². The molecule has 2 atom stereocenters. The van der Waals surface area contributed by atoms with Crippen LogP contribution in [0.15, 0.2) is 0 Å². The lowest BCUT2D eigenvalue weighted by molar-refractivity contribution is 0.0908. The van der Waals surface area contributed by atoms with Gasteiger partial charge in [0.15, 0.2) is 0 Å². The Hall–Kier alpha value is -0.110. The van der Waals surface area contributed by atoms with Gasteiger partial charge in [-0.2, -0.15) is 0 Å². The SMILES string of the molecule is CC[C@@H](F)[C@H](C)O. The Balaban J connectivity index is 3.14. The van der Waals surface area contributed by atoms with Crippen molar-refractivity contribution < 1.29 is 9.50 Å². The highest BCUT2D eigenvalue weighted by molar-refractivity contribution is 4.57. The molecule has 1 N–H and O–H groups in total. The number of aliphatic hydroxyl groups excluding tert-OH is 1. The summed E-state index contributed by atoms with van der Waals surface area (Å²) in [4.78, 5) is 0. The summed E-state index contributed by atoms with van der Waals surface area (Å²) in [6, 6.07) is 0. The minimum Gasteiger partial charge on any atom is -0.390 e. The second-order valence-electron chi connectivity index (χ2n) is 1.66. The summed E-state index contributed by atoms with van der Waals surface area (Å²) in [6.07, 6.45) is -1.44. The predicted octanol–water partition coefficient (Wildman–Crippen LogP) is 1.12. The molecule has 0 aromatic heterocycles. The Kier molecular flexibility index (Phi) is 2.92. The first-order valence-electron chi connectivity index (χ1n) is 2.50. The molecule has 7 heavy (non-hydrogen) atoms. The smallest absolute Gasteiger partial charge is 0.125 e. The Morgan fingerprint density at radius 2 is 2.14 bits per heavy atom. The molecule has 0 fully saturated rings. The number of alkyl halides is 1. The third-order valence-electron chi connectivity index (χ3n) is 0.913. The molecule has 0 amide bonds. The van der Waals surface area contributed by atoms with Crippen LogP contribution in [-0.2, 0) is 0 Å². The third-order valence-corrected chi connectivity index (χ3v) is 0.913. The lowest BCUT2D eigenvalue weighted by Gasteiger charge is -2.05. The van der Waals surface area contributed by atoms with E-state index in [-0.39, 0.29) is 0 Å². The highest BCUT2D eigenvalue weighted by Gasteiger charge is 2.08. The van der Waals surface area contributed by atoms with Crippen molar-refractivity contribution in [1.82, 2.24) is 0 Å². The summed E-state index contributed by atoms with van der Waals surface area (Å²) in [5.74, 6) is 0. The van der Waals surface area contributed by atoms with Gasteiger partial charge in [-0.15, -0.1) is 0 Å². The van der Waals surface area contributed by atoms with E-state index in [1.807, 2.05) is 0 Å². The Labute approximate surface area is 43.2 Å². The Bertz CT molecular complexity index is 45.3. The van der Waals surface area contributed by atoms with Gasteiger partial charge < -0.3 is 5.11 Å². The Morgan fingerprint density at radius 1 is 1.71 bits per heavy atom. The van der Waals surface area contributed by atoms with E-state index in [2.05, 4.69) is 0 Å². The summed E-state index contributed by atoms with van der Waals surface area (Å²) in [6.45, 7) is 3.16. The standard InChI is InChI=1S/C5H11FO/c1-3-5(6)4(2)7/h4-5,7H,3H2,1-2H3/t4-,5+/m0/s1. The van der Waals surface area contributed by atoms with Gasteiger partial charge in [-0.05, 0) is 13.3 Å². The average molecular weight is 106 g/mol. The lowest BCUT2D eigenvalue weighted by Crippen LogP contribution is -2.15. The maximum atomic E-state index is 12.0. The van der Waals surface area contributed by atoms with Crippen LogP contribution in [0.2, 0.25) is 0 Å². The maximum absolute atomic E-state index is 12.0. The molecule has 0 aliphatic carbocycles. The topological polar surface area (TPSA) is 20.2 Å². The fraction of sp³-hybridized carbons (Fsp3) is 1.00. The minimum absolute atomic E-state index is 0.400. The summed E-state index contributed by atoms with van der Waals surface area (Å²) < 4.78 is 12.0. The van der Waals surface area contributed by atoms with Crippen LogP contribution in [0.25, 0.3) is 0 Å². The zero-order chi connectivity index (χ0) is 5.86. The molecule has 0 unspecified atom stereocenters. The first-order chi connectivity index (χ1) is 3.18. The van der Waals surface area contributed by atoms with Gasteiger partial charge in [0.2, 0.25) is 0 Å². The van der Waals surface area contributed by atoms with Gasteiger partial charge in [0.1, 0.15) is 6.17 Å². The lowest BCUT2D eigenvalue weighted by atomic mass is 10.2. The number of hydrogen-bond donors (Lipinski definition) is 1. The van der Waals surface area contributed by atoms with Gasteiger partial charge in [0.05, 0.1) is 6.10 Å². The number of halogens is 1. The molecule has 44 valence electrons. The molecule has 2 heteroatoms. The molecule has 0 spiro atoms. The van der Waals surface area contributed by atoms with Crippen LogP contribution in [0.1, 0.15) is 20.3 Å². The van der Waals surface area contributed by atoms with Crippen molar-refractivity contribution in [2.45, 2.75) is 32.5 Å². The maximum Gasteiger partial charge on any atom is 0.125 e. The Morgan fingerprint density at radius 3 is 2.14 bits per heavy atom. The number of aliphatic hydroxyl groups is 1. The van der Waals surface area contributed by atoms with Gasteiger partial charge in [0, 0.05) is 0 Å². The molecule has 0 aromatic rings. The first kappa shape index (κ1) is 6.89. The monoisotopic (exact) mass is 106 g/mol. The van der Waals surface area contributed by atoms with Crippen molar-refractivity contribution in [2.24, 2.45) is 0 Å². The molecule has 0 radical (unpaired) electrons. The van der Waals surface area contributed by atoms with E-state index in [1.165, 1.54) is 6.92 Å². The fourth-order valence-electron chi connectivity index (χ4n) is 0.341. The van der Waals surface area contributed by atoms with Crippen LogP contribution in [0.5, 0.6) is 0 Å². The van der Waals surface area contributed by atoms with Crippen LogP contribution in [0.3, 0.4) is 0 Å². The molecule has 0 aliphatic heterocycles. The van der Waals surface area contributed by atoms with E-state index in [9.17, 15) is 4.39 Å². The molecule has 0 saturated carbocycles. The van der Waals surface area contributed by atoms with Crippen LogP contribution < -0.4 is 0 Å². The molecule has 1 nitrogen and oxygen atoms in total. The minimum atomic E-state index is -1.04. The summed E-state index contributed by atoms with van der Waals surface area (Å²) >= 11 is 0. The highest BCUT2D eigenvalue weighted by atomic mass is 19.1. The van der Waals surface area contributed by atoms with Crippen LogP contribution in [0.4, 0.5) is 4.39 Å². The van der Waals surface area contributed by atoms with Gasteiger partial charge in [-0.1, -0.05) is 6.92 Å². The van der Waals surface area contributed by atoms with Gasteiger partial charge in [-0.3, -0.25) is 0 Å². The van der Waals surface area contributed by atoms with Crippen LogP contribution in [0, 0.1) is 0 Å². The van der Waals surface area contributed by atoms with Crippen LogP contribution >= 0.6 is 0 Å². The molecule has 0 bridgehead atoms. The predicted molar refractivity (Wildman–Crippen MR) is 26.9 cm³/mol. The van der Waals surface area contributed by atoms with Crippen molar-refractivity contribution in [1.29, 1.82) is 0 Å². The summed E-state index contributed by atoms with van der Waals surface area (Å²) in [5.41, 5.74) is 0. The average Bonchev–Trinajstić information content (AvgIpc) is 1.65. The van der Waals surface area contributed by atoms with Gasteiger partial charge >= 0.3 is 0 Å². The molecular weight excluding hydrogens is 95.1 g/mol. The van der Waals surface area contributed by atoms with E-state index in [0.29, 0.717) is 6.42 Å².